The average Bonchev–Trinajstić information content (AvgIpc) is 2.65. The number of carbonyl (C=O) groups excluding carboxylic acids is 1. The number of hydrogen-bond donors (Lipinski definition) is 2. The molecule has 2 N–H and O–H groups in total. The van der Waals surface area contributed by atoms with Crippen LogP contribution in [0.1, 0.15) is 12.8 Å². The summed E-state index contributed by atoms with van der Waals surface area (Å²) in [6, 6.07) is 0.00938. The van der Waals surface area contributed by atoms with E-state index in [-0.39, 0.29) is 25.1 Å². The van der Waals surface area contributed by atoms with Crippen LogP contribution in [0.15, 0.2) is 0 Å². The largest absolute Gasteiger partial charge is 0.394 e. The first-order valence-electron chi connectivity index (χ1n) is 4.84. The summed E-state index contributed by atoms with van der Waals surface area (Å²) >= 11 is 0. The molecule has 0 unspecified atom stereocenters. The first-order chi connectivity index (χ1) is 6.79. The highest BCUT2D eigenvalue weighted by atomic mass is 16.3. The number of likely N-dealkylation sites (tertiary alicyclic amines) is 1. The van der Waals surface area contributed by atoms with Gasteiger partial charge in [-0.15, -0.1) is 6.42 Å². The van der Waals surface area contributed by atoms with Gasteiger partial charge in [-0.1, -0.05) is 5.92 Å². The molecule has 4 heteroatoms. The van der Waals surface area contributed by atoms with Crippen LogP contribution >= 0.6 is 0 Å². The molecule has 0 aromatic rings. The van der Waals surface area contributed by atoms with E-state index in [0.29, 0.717) is 6.54 Å². The number of nitrogens with one attached hydrogen (secondary N) is 1. The van der Waals surface area contributed by atoms with Crippen LogP contribution in [-0.2, 0) is 4.79 Å². The highest BCUT2D eigenvalue weighted by molar-refractivity contribution is 5.78. The van der Waals surface area contributed by atoms with Crippen LogP contribution in [-0.4, -0.2) is 48.2 Å². The molecular weight excluding hydrogens is 180 g/mol. The minimum Gasteiger partial charge on any atom is -0.394 e. The van der Waals surface area contributed by atoms with Crippen LogP contribution in [0.3, 0.4) is 0 Å². The molecule has 1 amide bonds. The van der Waals surface area contributed by atoms with Crippen molar-refractivity contribution < 1.29 is 9.90 Å². The summed E-state index contributed by atoms with van der Waals surface area (Å²) in [5, 5.41) is 11.9. The topological polar surface area (TPSA) is 52.6 Å². The lowest BCUT2D eigenvalue weighted by atomic mass is 10.2. The maximum atomic E-state index is 11.6. The van der Waals surface area contributed by atoms with Gasteiger partial charge in [-0.05, 0) is 12.8 Å². The Morgan fingerprint density at radius 1 is 1.71 bits per heavy atom. The number of aliphatic hydroxyl groups excluding tert-OH is 1. The Hall–Kier alpha value is -1.05. The molecule has 1 aliphatic heterocycles. The molecule has 1 rings (SSSR count). The van der Waals surface area contributed by atoms with Crippen molar-refractivity contribution in [2.75, 3.05) is 26.2 Å². The second kappa shape index (κ2) is 5.63. The summed E-state index contributed by atoms with van der Waals surface area (Å²) in [5.74, 6) is 2.43. The predicted octanol–water partition coefficient (Wildman–Crippen LogP) is -0.807. The smallest absolute Gasteiger partial charge is 0.236 e. The third kappa shape index (κ3) is 2.72. The number of amides is 1. The average molecular weight is 196 g/mol. The van der Waals surface area contributed by atoms with Gasteiger partial charge < -0.3 is 10.0 Å². The zero-order valence-electron chi connectivity index (χ0n) is 8.20. The van der Waals surface area contributed by atoms with Crippen LogP contribution in [0.2, 0.25) is 0 Å². The first kappa shape index (κ1) is 11.0. The summed E-state index contributed by atoms with van der Waals surface area (Å²) in [6.07, 6.45) is 6.92. The molecule has 1 heterocycles. The van der Waals surface area contributed by atoms with Gasteiger partial charge >= 0.3 is 0 Å². The molecule has 1 saturated heterocycles. The third-order valence-corrected chi connectivity index (χ3v) is 2.41. The zero-order chi connectivity index (χ0) is 10.4. The summed E-state index contributed by atoms with van der Waals surface area (Å²) in [7, 11) is 0. The molecular formula is C10H16N2O2. The fourth-order valence-corrected chi connectivity index (χ4v) is 1.70. The van der Waals surface area contributed by atoms with Gasteiger partial charge in [-0.25, -0.2) is 0 Å². The van der Waals surface area contributed by atoms with E-state index in [9.17, 15) is 4.79 Å². The van der Waals surface area contributed by atoms with Gasteiger partial charge in [0.25, 0.3) is 0 Å². The van der Waals surface area contributed by atoms with Crippen molar-refractivity contribution >= 4 is 5.91 Å². The van der Waals surface area contributed by atoms with E-state index < -0.39 is 0 Å². The van der Waals surface area contributed by atoms with E-state index in [4.69, 9.17) is 11.5 Å². The molecule has 0 aliphatic carbocycles. The summed E-state index contributed by atoms with van der Waals surface area (Å²) in [6.45, 7) is 1.48. The highest BCUT2D eigenvalue weighted by Crippen LogP contribution is 2.16. The number of aliphatic hydroxyl groups is 1. The predicted molar refractivity (Wildman–Crippen MR) is 53.5 cm³/mol. The fourth-order valence-electron chi connectivity index (χ4n) is 1.70. The van der Waals surface area contributed by atoms with Crippen molar-refractivity contribution in [1.29, 1.82) is 0 Å². The minimum absolute atomic E-state index is 0.00938. The second-order valence-electron chi connectivity index (χ2n) is 3.37. The van der Waals surface area contributed by atoms with Crippen LogP contribution in [0.5, 0.6) is 0 Å². The summed E-state index contributed by atoms with van der Waals surface area (Å²) < 4.78 is 0. The molecule has 0 saturated carbocycles. The van der Waals surface area contributed by atoms with Gasteiger partial charge in [0.1, 0.15) is 0 Å². The maximum absolute atomic E-state index is 11.6. The van der Waals surface area contributed by atoms with Gasteiger partial charge in [0, 0.05) is 6.54 Å². The third-order valence-electron chi connectivity index (χ3n) is 2.41. The molecule has 4 nitrogen and oxygen atoms in total. The van der Waals surface area contributed by atoms with E-state index in [0.717, 1.165) is 19.4 Å². The molecule has 1 fully saturated rings. The van der Waals surface area contributed by atoms with Crippen molar-refractivity contribution in [1.82, 2.24) is 10.2 Å². The Balaban J connectivity index is 2.32. The monoisotopic (exact) mass is 196 g/mol. The number of carbonyl (C=O) groups is 1. The highest BCUT2D eigenvalue weighted by Gasteiger charge is 2.27. The van der Waals surface area contributed by atoms with E-state index in [1.807, 2.05) is 0 Å². The lowest BCUT2D eigenvalue weighted by Crippen LogP contribution is -2.42. The van der Waals surface area contributed by atoms with Gasteiger partial charge in [-0.2, -0.15) is 0 Å². The lowest BCUT2D eigenvalue weighted by molar-refractivity contribution is -0.131. The lowest BCUT2D eigenvalue weighted by Gasteiger charge is -2.22. The molecule has 0 spiro atoms. The van der Waals surface area contributed by atoms with Crippen molar-refractivity contribution in [3.05, 3.63) is 0 Å². The molecule has 14 heavy (non-hydrogen) atoms. The first-order valence-corrected chi connectivity index (χ1v) is 4.84. The van der Waals surface area contributed by atoms with Gasteiger partial charge in [0.2, 0.25) is 5.91 Å². The van der Waals surface area contributed by atoms with E-state index >= 15 is 0 Å². The van der Waals surface area contributed by atoms with Crippen LogP contribution in [0.4, 0.5) is 0 Å². The molecule has 78 valence electrons. The normalized spacial score (nSPS) is 20.9. The number of rotatable bonds is 4. The van der Waals surface area contributed by atoms with Crippen molar-refractivity contribution in [2.24, 2.45) is 0 Å². The fraction of sp³-hybridized carbons (Fsp3) is 0.700. The number of terminal acetylenes is 1. The molecule has 1 atom stereocenters. The van der Waals surface area contributed by atoms with E-state index in [1.165, 1.54) is 0 Å². The Labute approximate surface area is 84.3 Å². The molecule has 0 aromatic carbocycles. The standard InChI is InChI=1S/C10H16N2O2/c1-2-5-11-7-10(14)12-6-3-4-9(12)8-13/h1,9,11,13H,3-8H2/t9-/m1/s1. The maximum Gasteiger partial charge on any atom is 0.236 e. The molecule has 0 bridgehead atoms. The Kier molecular flexibility index (Phi) is 4.44. The zero-order valence-corrected chi connectivity index (χ0v) is 8.20. The van der Waals surface area contributed by atoms with Gasteiger partial charge in [0.15, 0.2) is 0 Å². The summed E-state index contributed by atoms with van der Waals surface area (Å²) in [4.78, 5) is 13.3. The van der Waals surface area contributed by atoms with Crippen molar-refractivity contribution in [3.63, 3.8) is 0 Å². The molecule has 0 aromatic heterocycles. The Bertz CT molecular complexity index is 235. The summed E-state index contributed by atoms with van der Waals surface area (Å²) in [5.41, 5.74) is 0. The number of nitrogens with zero attached hydrogens (tertiary/aromatic N) is 1. The van der Waals surface area contributed by atoms with Gasteiger partial charge in [-0.3, -0.25) is 10.1 Å². The minimum atomic E-state index is 0.00938. The van der Waals surface area contributed by atoms with Crippen molar-refractivity contribution in [3.8, 4) is 12.3 Å². The second-order valence-corrected chi connectivity index (χ2v) is 3.37. The Morgan fingerprint density at radius 3 is 3.14 bits per heavy atom. The van der Waals surface area contributed by atoms with Crippen molar-refractivity contribution in [2.45, 2.75) is 18.9 Å². The molecule has 0 radical (unpaired) electrons. The van der Waals surface area contributed by atoms with E-state index in [2.05, 4.69) is 11.2 Å². The van der Waals surface area contributed by atoms with Crippen LogP contribution in [0, 0.1) is 12.3 Å². The SMILES string of the molecule is C#CCNCC(=O)N1CCC[C@@H]1CO. The van der Waals surface area contributed by atoms with E-state index in [1.54, 1.807) is 4.90 Å². The van der Waals surface area contributed by atoms with Gasteiger partial charge in [0.05, 0.1) is 25.7 Å². The molecule has 1 aliphatic rings. The quantitative estimate of drug-likeness (QED) is 0.457. The van der Waals surface area contributed by atoms with Crippen LogP contribution in [0.25, 0.3) is 0 Å². The Morgan fingerprint density at radius 2 is 2.50 bits per heavy atom. The number of hydrogen-bond acceptors (Lipinski definition) is 3. The van der Waals surface area contributed by atoms with Crippen LogP contribution < -0.4 is 5.32 Å².